The van der Waals surface area contributed by atoms with Crippen LogP contribution >= 0.6 is 23.1 Å². The van der Waals surface area contributed by atoms with Crippen molar-refractivity contribution < 1.29 is 9.18 Å². The number of benzene rings is 1. The standard InChI is InChI=1S/C18H17FN2OS2/c1-3-23-18-15(11(2)16-14(21-18)7-8-24-16)17(22)20-10-12-5-4-6-13(19)9-12/h4-9H,3,10H2,1-2H3,(H,20,22). The van der Waals surface area contributed by atoms with Gasteiger partial charge in [0, 0.05) is 6.54 Å². The van der Waals surface area contributed by atoms with Gasteiger partial charge in [0.1, 0.15) is 10.8 Å². The Morgan fingerprint density at radius 3 is 2.96 bits per heavy atom. The summed E-state index contributed by atoms with van der Waals surface area (Å²) in [7, 11) is 0. The number of nitrogens with zero attached hydrogens (tertiary/aromatic N) is 1. The van der Waals surface area contributed by atoms with Crippen molar-refractivity contribution in [1.82, 2.24) is 10.3 Å². The largest absolute Gasteiger partial charge is 0.348 e. The number of hydrogen-bond donors (Lipinski definition) is 1. The van der Waals surface area contributed by atoms with Crippen molar-refractivity contribution in [3.05, 3.63) is 58.2 Å². The lowest BCUT2D eigenvalue weighted by molar-refractivity contribution is 0.0947. The molecule has 0 aliphatic carbocycles. The molecule has 3 aromatic rings. The van der Waals surface area contributed by atoms with E-state index >= 15 is 0 Å². The van der Waals surface area contributed by atoms with Gasteiger partial charge in [-0.2, -0.15) is 0 Å². The minimum Gasteiger partial charge on any atom is -0.348 e. The van der Waals surface area contributed by atoms with Crippen LogP contribution in [0.5, 0.6) is 0 Å². The number of nitrogens with one attached hydrogen (secondary N) is 1. The summed E-state index contributed by atoms with van der Waals surface area (Å²) >= 11 is 3.15. The molecule has 0 bridgehead atoms. The molecule has 124 valence electrons. The molecule has 6 heteroatoms. The first-order valence-corrected chi connectivity index (χ1v) is 9.50. The molecule has 0 atom stereocenters. The maximum atomic E-state index is 13.3. The molecule has 0 aliphatic heterocycles. The van der Waals surface area contributed by atoms with Crippen molar-refractivity contribution in [2.24, 2.45) is 0 Å². The lowest BCUT2D eigenvalue weighted by Gasteiger charge is -2.12. The van der Waals surface area contributed by atoms with Gasteiger partial charge in [0.15, 0.2) is 0 Å². The van der Waals surface area contributed by atoms with Gasteiger partial charge in [0.2, 0.25) is 0 Å². The van der Waals surface area contributed by atoms with E-state index in [1.54, 1.807) is 35.2 Å². The number of halogens is 1. The van der Waals surface area contributed by atoms with Gasteiger partial charge in [-0.05, 0) is 47.4 Å². The molecule has 0 saturated carbocycles. The van der Waals surface area contributed by atoms with Gasteiger partial charge in [0.25, 0.3) is 5.91 Å². The van der Waals surface area contributed by atoms with Crippen molar-refractivity contribution in [2.45, 2.75) is 25.4 Å². The molecule has 2 aromatic heterocycles. The van der Waals surface area contributed by atoms with Crippen LogP contribution in [0.25, 0.3) is 10.2 Å². The predicted octanol–water partition coefficient (Wildman–Crippen LogP) is 4.79. The number of carbonyl (C=O) groups is 1. The Hall–Kier alpha value is -1.92. The van der Waals surface area contributed by atoms with Crippen molar-refractivity contribution >= 4 is 39.2 Å². The first-order chi connectivity index (χ1) is 11.6. The molecule has 3 rings (SSSR count). The number of aryl methyl sites for hydroxylation is 1. The summed E-state index contributed by atoms with van der Waals surface area (Å²) in [6.07, 6.45) is 0. The van der Waals surface area contributed by atoms with Crippen molar-refractivity contribution in [3.63, 3.8) is 0 Å². The van der Waals surface area contributed by atoms with Crippen molar-refractivity contribution in [1.29, 1.82) is 0 Å². The van der Waals surface area contributed by atoms with Crippen molar-refractivity contribution in [2.75, 3.05) is 5.75 Å². The maximum Gasteiger partial charge on any atom is 0.254 e. The van der Waals surface area contributed by atoms with E-state index in [-0.39, 0.29) is 18.3 Å². The average Bonchev–Trinajstić information content (AvgIpc) is 3.02. The molecule has 0 saturated heterocycles. The van der Waals surface area contributed by atoms with E-state index in [9.17, 15) is 9.18 Å². The highest BCUT2D eigenvalue weighted by molar-refractivity contribution is 7.99. The zero-order chi connectivity index (χ0) is 17.1. The molecule has 1 aromatic carbocycles. The Labute approximate surface area is 148 Å². The van der Waals surface area contributed by atoms with E-state index < -0.39 is 0 Å². The molecule has 0 spiro atoms. The summed E-state index contributed by atoms with van der Waals surface area (Å²) in [5.41, 5.74) is 3.22. The third-order valence-electron chi connectivity index (χ3n) is 3.65. The van der Waals surface area contributed by atoms with Gasteiger partial charge in [-0.25, -0.2) is 9.37 Å². The second-order valence-corrected chi connectivity index (χ2v) is 7.47. The van der Waals surface area contributed by atoms with E-state index in [4.69, 9.17) is 0 Å². The molecule has 1 amide bonds. The van der Waals surface area contributed by atoms with Gasteiger partial charge in [-0.1, -0.05) is 19.1 Å². The second kappa shape index (κ2) is 7.32. The first-order valence-electron chi connectivity index (χ1n) is 7.63. The Morgan fingerprint density at radius 2 is 2.21 bits per heavy atom. The zero-order valence-electron chi connectivity index (χ0n) is 13.4. The molecule has 0 aliphatic rings. The maximum absolute atomic E-state index is 13.3. The summed E-state index contributed by atoms with van der Waals surface area (Å²) < 4.78 is 14.3. The van der Waals surface area contributed by atoms with Gasteiger partial charge < -0.3 is 5.32 Å². The third-order valence-corrected chi connectivity index (χ3v) is 5.53. The third kappa shape index (κ3) is 3.44. The number of hydrogen-bond acceptors (Lipinski definition) is 4. The summed E-state index contributed by atoms with van der Waals surface area (Å²) in [5.74, 6) is 0.365. The summed E-state index contributed by atoms with van der Waals surface area (Å²) in [5, 5.41) is 5.62. The molecular weight excluding hydrogens is 343 g/mol. The van der Waals surface area contributed by atoms with Crippen LogP contribution in [0, 0.1) is 12.7 Å². The fraction of sp³-hybridized carbons (Fsp3) is 0.222. The number of carbonyl (C=O) groups excluding carboxylic acids is 1. The molecule has 0 unspecified atom stereocenters. The predicted molar refractivity (Wildman–Crippen MR) is 98.3 cm³/mol. The van der Waals surface area contributed by atoms with Gasteiger partial charge >= 0.3 is 0 Å². The van der Waals surface area contributed by atoms with Crippen LogP contribution in [-0.2, 0) is 6.54 Å². The van der Waals surface area contributed by atoms with Crippen LogP contribution in [0.4, 0.5) is 4.39 Å². The SMILES string of the molecule is CCSc1nc2ccsc2c(C)c1C(=O)NCc1cccc(F)c1. The fourth-order valence-electron chi connectivity index (χ4n) is 2.54. The number of amides is 1. The van der Waals surface area contributed by atoms with Gasteiger partial charge in [-0.15, -0.1) is 23.1 Å². The number of pyridine rings is 1. The van der Waals surface area contributed by atoms with Crippen LogP contribution in [0.2, 0.25) is 0 Å². The smallest absolute Gasteiger partial charge is 0.254 e. The Bertz CT molecular complexity index is 892. The molecule has 0 radical (unpaired) electrons. The number of thioether (sulfide) groups is 1. The molecule has 3 nitrogen and oxygen atoms in total. The number of aromatic nitrogens is 1. The molecular formula is C18H17FN2OS2. The van der Waals surface area contributed by atoms with E-state index in [2.05, 4.69) is 10.3 Å². The van der Waals surface area contributed by atoms with Gasteiger partial charge in [-0.3, -0.25) is 4.79 Å². The molecule has 2 heterocycles. The quantitative estimate of drug-likeness (QED) is 0.666. The minimum absolute atomic E-state index is 0.171. The molecule has 0 fully saturated rings. The normalized spacial score (nSPS) is 11.0. The molecule has 24 heavy (non-hydrogen) atoms. The molecule has 1 N–H and O–H groups in total. The Kier molecular flexibility index (Phi) is 5.16. The lowest BCUT2D eigenvalue weighted by atomic mass is 10.1. The minimum atomic E-state index is -0.304. The Balaban J connectivity index is 1.90. The second-order valence-electron chi connectivity index (χ2n) is 5.30. The monoisotopic (exact) mass is 360 g/mol. The highest BCUT2D eigenvalue weighted by Gasteiger charge is 2.19. The zero-order valence-corrected chi connectivity index (χ0v) is 15.1. The van der Waals surface area contributed by atoms with E-state index in [1.165, 1.54) is 12.1 Å². The fourth-order valence-corrected chi connectivity index (χ4v) is 4.21. The topological polar surface area (TPSA) is 42.0 Å². The van der Waals surface area contributed by atoms with Crippen LogP contribution < -0.4 is 5.32 Å². The van der Waals surface area contributed by atoms with Crippen LogP contribution in [-0.4, -0.2) is 16.6 Å². The summed E-state index contributed by atoms with van der Waals surface area (Å²) in [6, 6.07) is 8.22. The lowest BCUT2D eigenvalue weighted by Crippen LogP contribution is -2.24. The van der Waals surface area contributed by atoms with Crippen LogP contribution in [0.15, 0.2) is 40.7 Å². The van der Waals surface area contributed by atoms with Crippen LogP contribution in [0.3, 0.4) is 0 Å². The van der Waals surface area contributed by atoms with Crippen LogP contribution in [0.1, 0.15) is 28.4 Å². The number of thiophene rings is 1. The van der Waals surface area contributed by atoms with Crippen molar-refractivity contribution in [3.8, 4) is 0 Å². The van der Waals surface area contributed by atoms with E-state index in [1.807, 2.05) is 25.3 Å². The van der Waals surface area contributed by atoms with E-state index in [0.717, 1.165) is 32.1 Å². The summed E-state index contributed by atoms with van der Waals surface area (Å²) in [4.78, 5) is 17.4. The average molecular weight is 360 g/mol. The first kappa shape index (κ1) is 16.9. The highest BCUT2D eigenvalue weighted by Crippen LogP contribution is 2.32. The van der Waals surface area contributed by atoms with Gasteiger partial charge in [0.05, 0.1) is 15.8 Å². The number of fused-ring (bicyclic) bond motifs is 1. The Morgan fingerprint density at radius 1 is 1.38 bits per heavy atom. The number of rotatable bonds is 5. The summed E-state index contributed by atoms with van der Waals surface area (Å²) in [6.45, 7) is 4.28. The highest BCUT2D eigenvalue weighted by atomic mass is 32.2. The van der Waals surface area contributed by atoms with E-state index in [0.29, 0.717) is 5.56 Å².